The maximum Gasteiger partial charge on any atom is 0.335 e. The number of aromatic carboxylic acids is 1. The number of urea groups is 1. The van der Waals surface area contributed by atoms with Gasteiger partial charge in [-0.25, -0.2) is 9.59 Å². The van der Waals surface area contributed by atoms with Crippen molar-refractivity contribution in [1.82, 2.24) is 15.6 Å². The first-order valence-electron chi connectivity index (χ1n) is 6.24. The van der Waals surface area contributed by atoms with Gasteiger partial charge < -0.3 is 20.5 Å². The normalized spacial score (nSPS) is 11.7. The Labute approximate surface area is 117 Å². The van der Waals surface area contributed by atoms with E-state index in [9.17, 15) is 9.59 Å². The number of nitrogens with zero attached hydrogens (tertiary/aromatic N) is 1. The summed E-state index contributed by atoms with van der Waals surface area (Å²) in [6.45, 7) is 2.62. The summed E-state index contributed by atoms with van der Waals surface area (Å²) >= 11 is 0. The Bertz CT molecular complexity index is 465. The molecule has 1 aromatic heterocycles. The number of aromatic nitrogens is 1. The summed E-state index contributed by atoms with van der Waals surface area (Å²) < 4.78 is 4.92. The third-order valence-electron chi connectivity index (χ3n) is 2.63. The van der Waals surface area contributed by atoms with E-state index in [0.717, 1.165) is 6.42 Å². The highest BCUT2D eigenvalue weighted by molar-refractivity contribution is 5.87. The van der Waals surface area contributed by atoms with Crippen LogP contribution in [0.2, 0.25) is 0 Å². The fourth-order valence-electron chi connectivity index (χ4n) is 1.52. The van der Waals surface area contributed by atoms with Crippen molar-refractivity contribution in [3.8, 4) is 0 Å². The van der Waals surface area contributed by atoms with E-state index in [4.69, 9.17) is 9.84 Å². The second-order valence-electron chi connectivity index (χ2n) is 4.35. The van der Waals surface area contributed by atoms with Crippen LogP contribution in [0.15, 0.2) is 18.3 Å². The molecule has 0 aromatic carbocycles. The summed E-state index contributed by atoms with van der Waals surface area (Å²) in [4.78, 5) is 26.4. The summed E-state index contributed by atoms with van der Waals surface area (Å²) in [5.74, 6) is -1.02. The van der Waals surface area contributed by atoms with E-state index in [1.165, 1.54) is 18.3 Å². The van der Waals surface area contributed by atoms with Crippen LogP contribution in [-0.2, 0) is 11.3 Å². The molecule has 110 valence electrons. The van der Waals surface area contributed by atoms with Crippen LogP contribution >= 0.6 is 0 Å². The fourth-order valence-corrected chi connectivity index (χ4v) is 1.52. The maximum absolute atomic E-state index is 11.6. The number of carboxylic acid groups (broad SMARTS) is 1. The van der Waals surface area contributed by atoms with Gasteiger partial charge in [-0.2, -0.15) is 0 Å². The fraction of sp³-hybridized carbons (Fsp3) is 0.462. The third-order valence-corrected chi connectivity index (χ3v) is 2.63. The molecule has 2 amide bonds. The van der Waals surface area contributed by atoms with Crippen molar-refractivity contribution in [2.24, 2.45) is 0 Å². The monoisotopic (exact) mass is 281 g/mol. The Morgan fingerprint density at radius 1 is 1.50 bits per heavy atom. The average molecular weight is 281 g/mol. The summed E-state index contributed by atoms with van der Waals surface area (Å²) in [5.41, 5.74) is 0.635. The van der Waals surface area contributed by atoms with Gasteiger partial charge in [-0.05, 0) is 25.5 Å². The lowest BCUT2D eigenvalue weighted by molar-refractivity contribution is 0.0696. The average Bonchev–Trinajstić information content (AvgIpc) is 2.43. The zero-order chi connectivity index (χ0) is 15.0. The molecular weight excluding hydrogens is 262 g/mol. The van der Waals surface area contributed by atoms with Crippen molar-refractivity contribution in [2.45, 2.75) is 25.9 Å². The molecule has 0 saturated heterocycles. The number of methoxy groups -OCH3 is 1. The number of carbonyl (C=O) groups is 2. The van der Waals surface area contributed by atoms with Gasteiger partial charge >= 0.3 is 12.0 Å². The van der Waals surface area contributed by atoms with Gasteiger partial charge in [0.05, 0.1) is 17.8 Å². The van der Waals surface area contributed by atoms with Gasteiger partial charge in [-0.3, -0.25) is 4.98 Å². The molecule has 1 heterocycles. The summed E-state index contributed by atoms with van der Waals surface area (Å²) in [6.07, 6.45) is 2.12. The van der Waals surface area contributed by atoms with Crippen molar-refractivity contribution in [3.05, 3.63) is 29.6 Å². The lowest BCUT2D eigenvalue weighted by Gasteiger charge is -2.14. The minimum Gasteiger partial charge on any atom is -0.478 e. The molecule has 0 aliphatic carbocycles. The Morgan fingerprint density at radius 2 is 2.25 bits per heavy atom. The van der Waals surface area contributed by atoms with Crippen molar-refractivity contribution in [2.75, 3.05) is 13.7 Å². The second-order valence-corrected chi connectivity index (χ2v) is 4.35. The first kappa shape index (κ1) is 15.9. The van der Waals surface area contributed by atoms with Crippen LogP contribution in [-0.4, -0.2) is 41.8 Å². The van der Waals surface area contributed by atoms with Crippen LogP contribution in [0, 0.1) is 0 Å². The molecule has 1 unspecified atom stereocenters. The minimum atomic E-state index is -1.02. The molecular formula is C13H19N3O4. The Balaban J connectivity index is 2.41. The zero-order valence-corrected chi connectivity index (χ0v) is 11.5. The first-order valence-corrected chi connectivity index (χ1v) is 6.24. The molecule has 0 spiro atoms. The molecule has 0 radical (unpaired) electrons. The van der Waals surface area contributed by atoms with Crippen molar-refractivity contribution in [3.63, 3.8) is 0 Å². The molecule has 3 N–H and O–H groups in total. The van der Waals surface area contributed by atoms with Gasteiger partial charge in [-0.15, -0.1) is 0 Å². The van der Waals surface area contributed by atoms with Gasteiger partial charge in [0, 0.05) is 26.0 Å². The van der Waals surface area contributed by atoms with Crippen LogP contribution in [0.25, 0.3) is 0 Å². The smallest absolute Gasteiger partial charge is 0.335 e. The zero-order valence-electron chi connectivity index (χ0n) is 11.5. The minimum absolute atomic E-state index is 0.00624. The first-order chi connectivity index (χ1) is 9.52. The number of nitrogens with one attached hydrogen (secondary N) is 2. The molecule has 0 saturated carbocycles. The molecule has 1 atom stereocenters. The number of carbonyl (C=O) groups excluding carboxylic acids is 1. The van der Waals surface area contributed by atoms with Crippen LogP contribution in [0.3, 0.4) is 0 Å². The number of hydrogen-bond acceptors (Lipinski definition) is 4. The lowest BCUT2D eigenvalue weighted by Crippen LogP contribution is -2.40. The quantitative estimate of drug-likeness (QED) is 0.692. The maximum atomic E-state index is 11.6. The number of amides is 2. The van der Waals surface area contributed by atoms with E-state index >= 15 is 0 Å². The number of carboxylic acids is 1. The summed E-state index contributed by atoms with van der Waals surface area (Å²) in [6, 6.07) is 2.50. The van der Waals surface area contributed by atoms with Crippen molar-refractivity contribution < 1.29 is 19.4 Å². The SMILES string of the molecule is COCCC(C)NC(=O)NCc1cc(C(=O)O)ccn1. The highest BCUT2D eigenvalue weighted by Crippen LogP contribution is 2.01. The number of pyridine rings is 1. The largest absolute Gasteiger partial charge is 0.478 e. The van der Waals surface area contributed by atoms with Crippen LogP contribution < -0.4 is 10.6 Å². The second kappa shape index (κ2) is 8.11. The van der Waals surface area contributed by atoms with Gasteiger partial charge in [0.2, 0.25) is 0 Å². The molecule has 7 nitrogen and oxygen atoms in total. The van der Waals surface area contributed by atoms with Crippen LogP contribution in [0.1, 0.15) is 29.4 Å². The molecule has 0 aliphatic heterocycles. The summed E-state index contributed by atoms with van der Waals surface area (Å²) in [7, 11) is 1.61. The highest BCUT2D eigenvalue weighted by atomic mass is 16.5. The number of ether oxygens (including phenoxy) is 1. The van der Waals surface area contributed by atoms with Crippen LogP contribution in [0.4, 0.5) is 4.79 Å². The third kappa shape index (κ3) is 5.66. The molecule has 0 bridgehead atoms. The molecule has 7 heteroatoms. The topological polar surface area (TPSA) is 101 Å². The molecule has 1 rings (SSSR count). The Hall–Kier alpha value is -2.15. The standard InChI is InChI=1S/C13H19N3O4/c1-9(4-6-20-2)16-13(19)15-8-11-7-10(12(17)18)3-5-14-11/h3,5,7,9H,4,6,8H2,1-2H3,(H,17,18)(H2,15,16,19). The van der Waals surface area contributed by atoms with Crippen molar-refractivity contribution >= 4 is 12.0 Å². The molecule has 1 aromatic rings. The van der Waals surface area contributed by atoms with Gasteiger partial charge in [0.15, 0.2) is 0 Å². The van der Waals surface area contributed by atoms with Gasteiger partial charge in [-0.1, -0.05) is 0 Å². The highest BCUT2D eigenvalue weighted by Gasteiger charge is 2.08. The van der Waals surface area contributed by atoms with Crippen LogP contribution in [0.5, 0.6) is 0 Å². The predicted octanol–water partition coefficient (Wildman–Crippen LogP) is 1.00. The summed E-state index contributed by atoms with van der Waals surface area (Å²) in [5, 5.41) is 14.2. The van der Waals surface area contributed by atoms with E-state index in [1.807, 2.05) is 6.92 Å². The van der Waals surface area contributed by atoms with Gasteiger partial charge in [0.1, 0.15) is 0 Å². The van der Waals surface area contributed by atoms with E-state index in [-0.39, 0.29) is 24.2 Å². The number of rotatable bonds is 7. The Morgan fingerprint density at radius 3 is 2.90 bits per heavy atom. The van der Waals surface area contributed by atoms with E-state index < -0.39 is 5.97 Å². The molecule has 0 aliphatic rings. The Kier molecular flexibility index (Phi) is 6.45. The molecule has 0 fully saturated rings. The molecule has 20 heavy (non-hydrogen) atoms. The van der Waals surface area contributed by atoms with Gasteiger partial charge in [0.25, 0.3) is 0 Å². The van der Waals surface area contributed by atoms with Crippen molar-refractivity contribution in [1.29, 1.82) is 0 Å². The van der Waals surface area contributed by atoms with E-state index in [1.54, 1.807) is 7.11 Å². The predicted molar refractivity (Wildman–Crippen MR) is 72.5 cm³/mol. The van der Waals surface area contributed by atoms with E-state index in [0.29, 0.717) is 12.3 Å². The van der Waals surface area contributed by atoms with E-state index in [2.05, 4.69) is 15.6 Å². The number of hydrogen-bond donors (Lipinski definition) is 3. The lowest BCUT2D eigenvalue weighted by atomic mass is 10.2.